The maximum absolute atomic E-state index is 12.7. The number of hydrogen-bond acceptors (Lipinski definition) is 8. The van der Waals surface area contributed by atoms with Crippen molar-refractivity contribution in [2.24, 2.45) is 11.8 Å². The summed E-state index contributed by atoms with van der Waals surface area (Å²) in [6.07, 6.45) is 4.40. The van der Waals surface area contributed by atoms with Crippen molar-refractivity contribution in [1.82, 2.24) is 9.36 Å². The molecule has 3 rings (SSSR count). The first-order valence-electron chi connectivity index (χ1n) is 10.1. The Bertz CT molecular complexity index is 1010. The molecule has 8 nitrogen and oxygen atoms in total. The molecule has 0 saturated carbocycles. The van der Waals surface area contributed by atoms with Crippen molar-refractivity contribution < 1.29 is 19.5 Å². The number of carbonyl (C=O) groups excluding carboxylic acids is 2. The molecule has 3 atom stereocenters. The van der Waals surface area contributed by atoms with Crippen molar-refractivity contribution >= 4 is 63.7 Å². The van der Waals surface area contributed by atoms with E-state index in [9.17, 15) is 19.5 Å². The van der Waals surface area contributed by atoms with Gasteiger partial charge in [0.2, 0.25) is 22.1 Å². The largest absolute Gasteiger partial charge is 0.481 e. The third-order valence-electron chi connectivity index (χ3n) is 4.78. The number of nitrogens with one attached hydrogen (secondary N) is 2. The van der Waals surface area contributed by atoms with E-state index in [4.69, 9.17) is 0 Å². The Labute approximate surface area is 198 Å². The van der Waals surface area contributed by atoms with Gasteiger partial charge >= 0.3 is 5.97 Å². The van der Waals surface area contributed by atoms with Gasteiger partial charge in [0.1, 0.15) is 0 Å². The van der Waals surface area contributed by atoms with Crippen molar-refractivity contribution in [1.29, 1.82) is 0 Å². The molecular formula is C21H24N4O4S3. The van der Waals surface area contributed by atoms with Crippen molar-refractivity contribution in [3.05, 3.63) is 36.4 Å². The molecule has 2 amide bonds. The number of carboxylic acids is 1. The molecule has 2 aromatic rings. The fourth-order valence-electron chi connectivity index (χ4n) is 3.17. The Morgan fingerprint density at radius 2 is 1.97 bits per heavy atom. The predicted molar refractivity (Wildman–Crippen MR) is 128 cm³/mol. The van der Waals surface area contributed by atoms with Gasteiger partial charge in [0.15, 0.2) is 0 Å². The number of nitrogens with zero attached hydrogens (tertiary/aromatic N) is 2. The van der Waals surface area contributed by atoms with E-state index in [-0.39, 0.29) is 11.8 Å². The molecule has 0 aliphatic heterocycles. The monoisotopic (exact) mass is 492 g/mol. The van der Waals surface area contributed by atoms with Gasteiger partial charge in [0.25, 0.3) is 0 Å². The van der Waals surface area contributed by atoms with Crippen LogP contribution in [0.5, 0.6) is 0 Å². The van der Waals surface area contributed by atoms with E-state index in [0.29, 0.717) is 28.8 Å². The molecule has 170 valence electrons. The predicted octanol–water partition coefficient (Wildman–Crippen LogP) is 4.37. The zero-order valence-electron chi connectivity index (χ0n) is 17.6. The summed E-state index contributed by atoms with van der Waals surface area (Å²) in [5.74, 6) is -1.94. The Balaban J connectivity index is 1.59. The highest BCUT2D eigenvalue weighted by molar-refractivity contribution is 8.00. The molecule has 0 radical (unpaired) electrons. The van der Waals surface area contributed by atoms with E-state index in [0.717, 1.165) is 22.2 Å². The summed E-state index contributed by atoms with van der Waals surface area (Å²) in [7, 11) is 0. The van der Waals surface area contributed by atoms with Crippen LogP contribution in [0.1, 0.15) is 26.7 Å². The van der Waals surface area contributed by atoms with Crippen molar-refractivity contribution in [2.75, 3.05) is 16.4 Å². The van der Waals surface area contributed by atoms with E-state index in [2.05, 4.69) is 20.0 Å². The zero-order chi connectivity index (χ0) is 23.1. The van der Waals surface area contributed by atoms with Crippen LogP contribution in [-0.2, 0) is 14.4 Å². The van der Waals surface area contributed by atoms with E-state index in [1.54, 1.807) is 31.2 Å². The maximum atomic E-state index is 12.7. The van der Waals surface area contributed by atoms with Crippen molar-refractivity contribution in [3.63, 3.8) is 0 Å². The molecule has 0 spiro atoms. The smallest absolute Gasteiger partial charge is 0.307 e. The molecule has 1 aromatic carbocycles. The zero-order valence-corrected chi connectivity index (χ0v) is 20.1. The van der Waals surface area contributed by atoms with E-state index in [1.807, 2.05) is 19.1 Å². The average molecular weight is 493 g/mol. The first kappa shape index (κ1) is 24.3. The summed E-state index contributed by atoms with van der Waals surface area (Å²) in [4.78, 5) is 41.7. The molecule has 1 aliphatic rings. The molecule has 1 aromatic heterocycles. The molecule has 32 heavy (non-hydrogen) atoms. The Morgan fingerprint density at radius 3 is 2.69 bits per heavy atom. The fraction of sp³-hybridized carbons (Fsp3) is 0.381. The normalized spacial score (nSPS) is 18.7. The van der Waals surface area contributed by atoms with Gasteiger partial charge in [-0.2, -0.15) is 9.36 Å². The van der Waals surface area contributed by atoms with Crippen LogP contribution in [0, 0.1) is 11.8 Å². The minimum atomic E-state index is -0.963. The number of anilines is 2. The van der Waals surface area contributed by atoms with E-state index < -0.39 is 23.1 Å². The highest BCUT2D eigenvalue weighted by atomic mass is 32.2. The van der Waals surface area contributed by atoms with Gasteiger partial charge in [-0.05, 0) is 43.7 Å². The van der Waals surface area contributed by atoms with Crippen molar-refractivity contribution in [3.8, 4) is 0 Å². The second-order valence-electron chi connectivity index (χ2n) is 7.08. The number of thioether (sulfide) groups is 2. The summed E-state index contributed by atoms with van der Waals surface area (Å²) in [5.41, 5.74) is 0.566. The van der Waals surface area contributed by atoms with Crippen LogP contribution >= 0.6 is 35.1 Å². The molecule has 1 aliphatic carbocycles. The minimum Gasteiger partial charge on any atom is -0.481 e. The molecule has 3 unspecified atom stereocenters. The maximum Gasteiger partial charge on any atom is 0.307 e. The number of hydrogen-bond donors (Lipinski definition) is 3. The van der Waals surface area contributed by atoms with Gasteiger partial charge in [0.05, 0.1) is 17.1 Å². The van der Waals surface area contributed by atoms with Gasteiger partial charge in [-0.15, -0.1) is 11.8 Å². The number of carboxylic acid groups (broad SMARTS) is 1. The van der Waals surface area contributed by atoms with Crippen LogP contribution in [0.15, 0.2) is 46.5 Å². The number of benzene rings is 1. The lowest BCUT2D eigenvalue weighted by Gasteiger charge is -2.24. The first-order valence-corrected chi connectivity index (χ1v) is 12.7. The Morgan fingerprint density at radius 1 is 1.22 bits per heavy atom. The lowest BCUT2D eigenvalue weighted by Crippen LogP contribution is -2.34. The number of aliphatic carboxylic acids is 1. The van der Waals surface area contributed by atoms with Crippen LogP contribution in [0.2, 0.25) is 0 Å². The van der Waals surface area contributed by atoms with Crippen LogP contribution in [0.4, 0.5) is 10.8 Å². The van der Waals surface area contributed by atoms with Crippen LogP contribution in [0.25, 0.3) is 0 Å². The van der Waals surface area contributed by atoms with Crippen molar-refractivity contribution in [2.45, 2.75) is 42.0 Å². The summed E-state index contributed by atoms with van der Waals surface area (Å²) in [5, 5.41) is 15.7. The third kappa shape index (κ3) is 6.57. The lowest BCUT2D eigenvalue weighted by atomic mass is 9.82. The lowest BCUT2D eigenvalue weighted by molar-refractivity contribution is -0.146. The highest BCUT2D eigenvalue weighted by Gasteiger charge is 2.34. The summed E-state index contributed by atoms with van der Waals surface area (Å²) >= 11 is 4.02. The van der Waals surface area contributed by atoms with E-state index >= 15 is 0 Å². The third-order valence-corrected chi connectivity index (χ3v) is 7.35. The van der Waals surface area contributed by atoms with Gasteiger partial charge < -0.3 is 10.4 Å². The molecule has 0 fully saturated rings. The van der Waals surface area contributed by atoms with Crippen LogP contribution in [0.3, 0.4) is 0 Å². The van der Waals surface area contributed by atoms with Gasteiger partial charge in [0, 0.05) is 22.1 Å². The topological polar surface area (TPSA) is 121 Å². The highest BCUT2D eigenvalue weighted by Crippen LogP contribution is 2.30. The fourth-order valence-corrected chi connectivity index (χ4v) is 5.37. The second-order valence-corrected chi connectivity index (χ2v) is 10.5. The molecule has 0 bridgehead atoms. The van der Waals surface area contributed by atoms with Gasteiger partial charge in [-0.25, -0.2) is 0 Å². The summed E-state index contributed by atoms with van der Waals surface area (Å²) in [6, 6.07) is 7.17. The number of rotatable bonds is 9. The van der Waals surface area contributed by atoms with E-state index in [1.165, 1.54) is 23.5 Å². The first-order chi connectivity index (χ1) is 15.4. The number of carbonyl (C=O) groups is 3. The van der Waals surface area contributed by atoms with Gasteiger partial charge in [-0.1, -0.05) is 36.9 Å². The SMILES string of the molecule is CCSc1nsc(NC(=O)C(C)Sc2cccc(NC(=O)C3CC=CCC3C(=O)O)c2)n1. The average Bonchev–Trinajstić information content (AvgIpc) is 3.21. The van der Waals surface area contributed by atoms with Crippen LogP contribution < -0.4 is 10.6 Å². The Kier molecular flexibility index (Phi) is 8.71. The second kappa shape index (κ2) is 11.5. The molecule has 3 N–H and O–H groups in total. The molecule has 0 saturated heterocycles. The number of amides is 2. The molecule has 11 heteroatoms. The standard InChI is InChI=1S/C21H24N4O4S3/c1-3-30-21-24-20(32-25-21)23-17(26)12(2)31-14-8-6-7-13(11-14)22-18(27)15-9-4-5-10-16(15)19(28)29/h4-8,11-12,15-16H,3,9-10H2,1-2H3,(H,22,27)(H,28,29)(H,23,24,25,26). The summed E-state index contributed by atoms with van der Waals surface area (Å²) in [6.45, 7) is 3.80. The number of allylic oxidation sites excluding steroid dienone is 2. The molecular weight excluding hydrogens is 468 g/mol. The Hall–Kier alpha value is -2.37. The van der Waals surface area contributed by atoms with Gasteiger partial charge in [-0.3, -0.25) is 19.7 Å². The minimum absolute atomic E-state index is 0.188. The number of aromatic nitrogens is 2. The quantitative estimate of drug-likeness (QED) is 0.348. The summed E-state index contributed by atoms with van der Waals surface area (Å²) < 4.78 is 4.19. The molecule has 1 heterocycles. The van der Waals surface area contributed by atoms with Crippen LogP contribution in [-0.4, -0.2) is 43.3 Å².